The molecule has 0 spiro atoms. The maximum atomic E-state index is 12.7. The Labute approximate surface area is 173 Å². The molecule has 1 fully saturated rings. The molecule has 2 heterocycles. The molecule has 1 N–H and O–H groups in total. The Morgan fingerprint density at radius 1 is 1.27 bits per heavy atom. The summed E-state index contributed by atoms with van der Waals surface area (Å²) in [7, 11) is 0. The molecular formula is C22H22N4O4. The number of ether oxygens (including phenoxy) is 1. The number of aromatic nitrogens is 2. The molecule has 8 heteroatoms. The third-order valence-corrected chi connectivity index (χ3v) is 4.87. The molecule has 0 radical (unpaired) electrons. The van der Waals surface area contributed by atoms with Gasteiger partial charge in [-0.05, 0) is 43.3 Å². The molecule has 2 aromatic carbocycles. The molecule has 0 saturated carbocycles. The highest BCUT2D eigenvalue weighted by Gasteiger charge is 2.35. The van der Waals surface area contributed by atoms with Crippen LogP contribution in [0.2, 0.25) is 0 Å². The van der Waals surface area contributed by atoms with Crippen LogP contribution in [0.1, 0.15) is 19.2 Å². The van der Waals surface area contributed by atoms with Gasteiger partial charge in [0.2, 0.25) is 23.5 Å². The van der Waals surface area contributed by atoms with E-state index in [9.17, 15) is 9.59 Å². The van der Waals surface area contributed by atoms with Gasteiger partial charge in [0.15, 0.2) is 0 Å². The van der Waals surface area contributed by atoms with Crippen LogP contribution in [0.15, 0.2) is 53.1 Å². The van der Waals surface area contributed by atoms with Gasteiger partial charge in [-0.25, -0.2) is 0 Å². The SMILES string of the molecule is CCOc1ccc(NC(=O)[C@H]2CC(=O)N(c3cccc(-c4noc(C)n4)c3)C2)cc1. The van der Waals surface area contributed by atoms with E-state index in [1.807, 2.05) is 31.2 Å². The third-order valence-electron chi connectivity index (χ3n) is 4.87. The van der Waals surface area contributed by atoms with Crippen molar-refractivity contribution in [3.8, 4) is 17.1 Å². The Hall–Kier alpha value is -3.68. The number of carbonyl (C=O) groups excluding carboxylic acids is 2. The van der Waals surface area contributed by atoms with Gasteiger partial charge >= 0.3 is 0 Å². The average Bonchev–Trinajstić information content (AvgIpc) is 3.36. The van der Waals surface area contributed by atoms with Crippen molar-refractivity contribution < 1.29 is 18.8 Å². The van der Waals surface area contributed by atoms with Gasteiger partial charge in [-0.2, -0.15) is 4.98 Å². The largest absolute Gasteiger partial charge is 0.494 e. The number of nitrogens with zero attached hydrogens (tertiary/aromatic N) is 3. The molecule has 0 unspecified atom stereocenters. The van der Waals surface area contributed by atoms with Crippen molar-refractivity contribution in [3.05, 3.63) is 54.4 Å². The zero-order valence-electron chi connectivity index (χ0n) is 16.8. The molecule has 4 rings (SSSR count). The lowest BCUT2D eigenvalue weighted by Crippen LogP contribution is -2.28. The minimum atomic E-state index is -0.430. The first-order valence-corrected chi connectivity index (χ1v) is 9.78. The first kappa shape index (κ1) is 19.6. The molecule has 1 aliphatic heterocycles. The quantitative estimate of drug-likeness (QED) is 0.674. The summed E-state index contributed by atoms with van der Waals surface area (Å²) < 4.78 is 10.4. The smallest absolute Gasteiger partial charge is 0.229 e. The Kier molecular flexibility index (Phi) is 5.47. The van der Waals surface area contributed by atoms with Crippen LogP contribution < -0.4 is 15.0 Å². The summed E-state index contributed by atoms with van der Waals surface area (Å²) >= 11 is 0. The monoisotopic (exact) mass is 406 g/mol. The van der Waals surface area contributed by atoms with E-state index in [2.05, 4.69) is 15.5 Å². The lowest BCUT2D eigenvalue weighted by molar-refractivity contribution is -0.122. The van der Waals surface area contributed by atoms with Gasteiger partial charge in [-0.15, -0.1) is 0 Å². The van der Waals surface area contributed by atoms with Crippen LogP contribution >= 0.6 is 0 Å². The second-order valence-corrected chi connectivity index (χ2v) is 7.04. The lowest BCUT2D eigenvalue weighted by Gasteiger charge is -2.17. The summed E-state index contributed by atoms with van der Waals surface area (Å²) in [6.07, 6.45) is 0.161. The lowest BCUT2D eigenvalue weighted by atomic mass is 10.1. The first-order valence-electron chi connectivity index (χ1n) is 9.78. The first-order chi connectivity index (χ1) is 14.5. The summed E-state index contributed by atoms with van der Waals surface area (Å²) in [5.74, 6) is 0.974. The number of hydrogen-bond acceptors (Lipinski definition) is 6. The maximum Gasteiger partial charge on any atom is 0.229 e. The molecule has 8 nitrogen and oxygen atoms in total. The molecule has 0 aliphatic carbocycles. The molecule has 1 saturated heterocycles. The number of rotatable bonds is 6. The predicted molar refractivity (Wildman–Crippen MR) is 111 cm³/mol. The van der Waals surface area contributed by atoms with Crippen molar-refractivity contribution in [1.29, 1.82) is 0 Å². The fourth-order valence-electron chi connectivity index (χ4n) is 3.41. The number of hydrogen-bond donors (Lipinski definition) is 1. The standard InChI is InChI=1S/C22H22N4O4/c1-3-29-19-9-7-17(8-10-19)24-22(28)16-12-20(27)26(13-16)18-6-4-5-15(11-18)21-23-14(2)30-25-21/h4-11,16H,3,12-13H2,1-2H3,(H,24,28)/t16-/m0/s1. The Morgan fingerprint density at radius 2 is 2.07 bits per heavy atom. The Bertz CT molecular complexity index is 1060. The number of carbonyl (C=O) groups is 2. The van der Waals surface area contributed by atoms with Crippen LogP contribution in [0.4, 0.5) is 11.4 Å². The summed E-state index contributed by atoms with van der Waals surface area (Å²) in [5.41, 5.74) is 2.12. The van der Waals surface area contributed by atoms with E-state index in [1.165, 1.54) is 0 Å². The van der Waals surface area contributed by atoms with Gasteiger partial charge < -0.3 is 19.5 Å². The highest BCUT2D eigenvalue weighted by atomic mass is 16.5. The van der Waals surface area contributed by atoms with Crippen molar-refractivity contribution in [3.63, 3.8) is 0 Å². The van der Waals surface area contributed by atoms with Gasteiger partial charge in [0.05, 0.1) is 12.5 Å². The van der Waals surface area contributed by atoms with Crippen LogP contribution in [0.25, 0.3) is 11.4 Å². The number of nitrogens with one attached hydrogen (secondary N) is 1. The topological polar surface area (TPSA) is 97.6 Å². The van der Waals surface area contributed by atoms with Crippen LogP contribution in [-0.2, 0) is 9.59 Å². The Morgan fingerprint density at radius 3 is 2.77 bits per heavy atom. The van der Waals surface area contributed by atoms with Crippen LogP contribution in [0, 0.1) is 12.8 Å². The van der Waals surface area contributed by atoms with Crippen molar-refractivity contribution >= 4 is 23.2 Å². The number of anilines is 2. The van der Waals surface area contributed by atoms with Crippen LogP contribution in [-0.4, -0.2) is 35.1 Å². The van der Waals surface area contributed by atoms with Crippen molar-refractivity contribution in [2.24, 2.45) is 5.92 Å². The van der Waals surface area contributed by atoms with Gasteiger partial charge in [-0.3, -0.25) is 9.59 Å². The van der Waals surface area contributed by atoms with E-state index in [0.29, 0.717) is 36.2 Å². The summed E-state index contributed by atoms with van der Waals surface area (Å²) in [6, 6.07) is 14.5. The molecule has 3 aromatic rings. The zero-order chi connectivity index (χ0) is 21.1. The molecule has 0 bridgehead atoms. The van der Waals surface area contributed by atoms with Gasteiger partial charge in [-0.1, -0.05) is 17.3 Å². The number of aryl methyl sites for hydroxylation is 1. The normalized spacial score (nSPS) is 16.0. The molecular weight excluding hydrogens is 384 g/mol. The highest BCUT2D eigenvalue weighted by molar-refractivity contribution is 6.03. The highest BCUT2D eigenvalue weighted by Crippen LogP contribution is 2.29. The Balaban J connectivity index is 1.44. The van der Waals surface area contributed by atoms with Crippen LogP contribution in [0.5, 0.6) is 5.75 Å². The number of amides is 2. The van der Waals surface area contributed by atoms with Gasteiger partial charge in [0.1, 0.15) is 5.75 Å². The second kappa shape index (κ2) is 8.36. The summed E-state index contributed by atoms with van der Waals surface area (Å²) in [6.45, 7) is 4.53. The van der Waals surface area contributed by atoms with E-state index in [1.54, 1.807) is 36.1 Å². The van der Waals surface area contributed by atoms with Gasteiger partial charge in [0.25, 0.3) is 0 Å². The van der Waals surface area contributed by atoms with E-state index in [4.69, 9.17) is 9.26 Å². The zero-order valence-corrected chi connectivity index (χ0v) is 16.8. The third kappa shape index (κ3) is 4.17. The van der Waals surface area contributed by atoms with E-state index < -0.39 is 5.92 Å². The number of benzene rings is 2. The fraction of sp³-hybridized carbons (Fsp3) is 0.273. The van der Waals surface area contributed by atoms with E-state index in [0.717, 1.165) is 11.3 Å². The summed E-state index contributed by atoms with van der Waals surface area (Å²) in [4.78, 5) is 31.1. The van der Waals surface area contributed by atoms with Crippen molar-refractivity contribution in [1.82, 2.24) is 10.1 Å². The minimum absolute atomic E-state index is 0.0942. The van der Waals surface area contributed by atoms with E-state index >= 15 is 0 Å². The van der Waals surface area contributed by atoms with Gasteiger partial charge in [0, 0.05) is 36.8 Å². The molecule has 1 atom stereocenters. The van der Waals surface area contributed by atoms with Crippen LogP contribution in [0.3, 0.4) is 0 Å². The van der Waals surface area contributed by atoms with E-state index in [-0.39, 0.29) is 18.2 Å². The molecule has 154 valence electrons. The predicted octanol–water partition coefficient (Wildman–Crippen LogP) is 3.44. The molecule has 1 aromatic heterocycles. The average molecular weight is 406 g/mol. The minimum Gasteiger partial charge on any atom is -0.494 e. The van der Waals surface area contributed by atoms with Crippen molar-refractivity contribution in [2.45, 2.75) is 20.3 Å². The molecule has 2 amide bonds. The maximum absolute atomic E-state index is 12.7. The molecule has 1 aliphatic rings. The molecule has 30 heavy (non-hydrogen) atoms. The summed E-state index contributed by atoms with van der Waals surface area (Å²) in [5, 5.41) is 6.80. The fourth-order valence-corrected chi connectivity index (χ4v) is 3.41. The second-order valence-electron chi connectivity index (χ2n) is 7.04. The van der Waals surface area contributed by atoms with Crippen molar-refractivity contribution in [2.75, 3.05) is 23.4 Å².